The van der Waals surface area contributed by atoms with E-state index >= 15 is 0 Å². The van der Waals surface area contributed by atoms with Gasteiger partial charge in [-0.2, -0.15) is 5.26 Å². The Morgan fingerprint density at radius 3 is 2.30 bits per heavy atom. The van der Waals surface area contributed by atoms with Crippen LogP contribution in [0.25, 0.3) is 0 Å². The molecule has 0 aromatic carbocycles. The Hall–Kier alpha value is -1.24. The van der Waals surface area contributed by atoms with Crippen molar-refractivity contribution in [1.29, 1.82) is 5.26 Å². The summed E-state index contributed by atoms with van der Waals surface area (Å²) in [5, 5.41) is 8.27. The molecule has 0 aliphatic carbocycles. The summed E-state index contributed by atoms with van der Waals surface area (Å²) in [5.41, 5.74) is 0. The minimum atomic E-state index is -0.0657. The summed E-state index contributed by atoms with van der Waals surface area (Å²) < 4.78 is 0. The Morgan fingerprint density at radius 2 is 2.00 bits per heavy atom. The zero-order chi connectivity index (χ0) is 8.15. The van der Waals surface area contributed by atoms with Crippen LogP contribution in [0.1, 0.15) is 0 Å². The molecule has 0 radical (unpaired) electrons. The smallest absolute Gasteiger partial charge is 0.242 e. The molecule has 4 heteroatoms. The number of hydrogen-bond acceptors (Lipinski definition) is 3. The average Bonchev–Trinajstić information content (AvgIpc) is 1.87. The number of nitriles is 1. The lowest BCUT2D eigenvalue weighted by molar-refractivity contribution is -0.128. The van der Waals surface area contributed by atoms with E-state index in [1.54, 1.807) is 21.1 Å². The maximum absolute atomic E-state index is 10.8. The standard InChI is InChI=1S/C6H11N3O/c1-8(2)6(10)4-9(3)5-7/h4H2,1-3H3. The molecular formula is C6H11N3O. The highest BCUT2D eigenvalue weighted by atomic mass is 16.2. The summed E-state index contributed by atoms with van der Waals surface area (Å²) in [6.45, 7) is 0.156. The van der Waals surface area contributed by atoms with Crippen molar-refractivity contribution in [3.63, 3.8) is 0 Å². The Labute approximate surface area is 60.6 Å². The van der Waals surface area contributed by atoms with Crippen LogP contribution in [0.5, 0.6) is 0 Å². The fourth-order valence-electron chi connectivity index (χ4n) is 0.380. The van der Waals surface area contributed by atoms with Crippen molar-refractivity contribution in [2.45, 2.75) is 0 Å². The van der Waals surface area contributed by atoms with E-state index in [-0.39, 0.29) is 12.5 Å². The molecule has 0 aromatic rings. The molecule has 4 nitrogen and oxygen atoms in total. The van der Waals surface area contributed by atoms with Crippen LogP contribution in [-0.4, -0.2) is 43.4 Å². The molecule has 0 aromatic heterocycles. The number of rotatable bonds is 2. The third kappa shape index (κ3) is 2.92. The molecule has 0 saturated heterocycles. The van der Waals surface area contributed by atoms with Gasteiger partial charge >= 0.3 is 0 Å². The van der Waals surface area contributed by atoms with Crippen LogP contribution in [-0.2, 0) is 4.79 Å². The maximum atomic E-state index is 10.8. The van der Waals surface area contributed by atoms with E-state index in [2.05, 4.69) is 0 Å². The molecule has 0 fully saturated rings. The molecule has 10 heavy (non-hydrogen) atoms. The molecule has 0 atom stereocenters. The lowest BCUT2D eigenvalue weighted by Gasteiger charge is -2.12. The van der Waals surface area contributed by atoms with Crippen LogP contribution in [0.3, 0.4) is 0 Å². The summed E-state index contributed by atoms with van der Waals surface area (Å²) in [4.78, 5) is 13.6. The topological polar surface area (TPSA) is 47.3 Å². The third-order valence-electron chi connectivity index (χ3n) is 1.04. The number of likely N-dealkylation sites (N-methyl/N-ethyl adjacent to an activating group) is 2. The molecule has 0 unspecified atom stereocenters. The fraction of sp³-hybridized carbons (Fsp3) is 0.667. The van der Waals surface area contributed by atoms with Gasteiger partial charge in [-0.3, -0.25) is 4.79 Å². The van der Waals surface area contributed by atoms with E-state index in [4.69, 9.17) is 5.26 Å². The Bertz CT molecular complexity index is 159. The second-order valence-corrected chi connectivity index (χ2v) is 2.24. The predicted molar refractivity (Wildman–Crippen MR) is 36.9 cm³/mol. The van der Waals surface area contributed by atoms with E-state index in [0.717, 1.165) is 0 Å². The molecule has 56 valence electrons. The van der Waals surface area contributed by atoms with Gasteiger partial charge in [0.2, 0.25) is 5.91 Å². The lowest BCUT2D eigenvalue weighted by Crippen LogP contribution is -2.31. The number of hydrogen-bond donors (Lipinski definition) is 0. The van der Waals surface area contributed by atoms with Gasteiger partial charge in [-0.25, -0.2) is 0 Å². The van der Waals surface area contributed by atoms with Crippen molar-refractivity contribution in [2.75, 3.05) is 27.7 Å². The second-order valence-electron chi connectivity index (χ2n) is 2.24. The van der Waals surface area contributed by atoms with E-state index in [1.165, 1.54) is 9.80 Å². The zero-order valence-electron chi connectivity index (χ0n) is 6.46. The molecule has 0 spiro atoms. The van der Waals surface area contributed by atoms with Crippen LogP contribution in [0.2, 0.25) is 0 Å². The van der Waals surface area contributed by atoms with E-state index in [1.807, 2.05) is 6.19 Å². The van der Waals surface area contributed by atoms with Gasteiger partial charge in [0.15, 0.2) is 6.19 Å². The molecular weight excluding hydrogens is 130 g/mol. The van der Waals surface area contributed by atoms with Gasteiger partial charge in [0, 0.05) is 21.1 Å². The number of carbonyl (C=O) groups is 1. The van der Waals surface area contributed by atoms with Crippen LogP contribution in [0.15, 0.2) is 0 Å². The van der Waals surface area contributed by atoms with Crippen molar-refractivity contribution in [3.05, 3.63) is 0 Å². The second kappa shape index (κ2) is 3.72. The summed E-state index contributed by atoms with van der Waals surface area (Å²) in [6, 6.07) is 0. The third-order valence-corrected chi connectivity index (χ3v) is 1.04. The highest BCUT2D eigenvalue weighted by Gasteiger charge is 2.05. The molecule has 0 aliphatic heterocycles. The summed E-state index contributed by atoms with van der Waals surface area (Å²) in [5.74, 6) is -0.0657. The van der Waals surface area contributed by atoms with Crippen LogP contribution < -0.4 is 0 Å². The van der Waals surface area contributed by atoms with Gasteiger partial charge in [0.05, 0.1) is 0 Å². The molecule has 0 rings (SSSR count). The SMILES string of the molecule is CN(C#N)CC(=O)N(C)C. The van der Waals surface area contributed by atoms with Crippen LogP contribution >= 0.6 is 0 Å². The quantitative estimate of drug-likeness (QED) is 0.384. The average molecular weight is 141 g/mol. The summed E-state index contributed by atoms with van der Waals surface area (Å²) in [6.07, 6.45) is 1.84. The molecule has 0 aliphatic rings. The van der Waals surface area contributed by atoms with Gasteiger partial charge in [-0.1, -0.05) is 0 Å². The van der Waals surface area contributed by atoms with Crippen molar-refractivity contribution >= 4 is 5.91 Å². The normalized spacial score (nSPS) is 8.20. The first-order valence-electron chi connectivity index (χ1n) is 2.89. The first-order valence-corrected chi connectivity index (χ1v) is 2.89. The zero-order valence-corrected chi connectivity index (χ0v) is 6.46. The minimum Gasteiger partial charge on any atom is -0.347 e. The first-order chi connectivity index (χ1) is 4.57. The van der Waals surface area contributed by atoms with Crippen LogP contribution in [0.4, 0.5) is 0 Å². The molecule has 0 N–H and O–H groups in total. The van der Waals surface area contributed by atoms with Gasteiger partial charge in [0.1, 0.15) is 6.54 Å². The molecule has 1 amide bonds. The largest absolute Gasteiger partial charge is 0.347 e. The summed E-state index contributed by atoms with van der Waals surface area (Å²) in [7, 11) is 4.89. The maximum Gasteiger partial charge on any atom is 0.242 e. The number of nitrogens with zero attached hydrogens (tertiary/aromatic N) is 3. The first kappa shape index (κ1) is 8.76. The highest BCUT2D eigenvalue weighted by molar-refractivity contribution is 5.77. The fourth-order valence-corrected chi connectivity index (χ4v) is 0.380. The number of carbonyl (C=O) groups excluding carboxylic acids is 1. The van der Waals surface area contributed by atoms with Crippen molar-refractivity contribution < 1.29 is 4.79 Å². The molecule has 0 saturated carbocycles. The predicted octanol–water partition coefficient (Wildman–Crippen LogP) is -0.513. The van der Waals surface area contributed by atoms with E-state index in [9.17, 15) is 4.79 Å². The highest BCUT2D eigenvalue weighted by Crippen LogP contribution is 1.82. The Kier molecular flexibility index (Phi) is 3.26. The van der Waals surface area contributed by atoms with E-state index < -0.39 is 0 Å². The minimum absolute atomic E-state index is 0.0657. The molecule has 0 bridgehead atoms. The Morgan fingerprint density at radius 1 is 1.50 bits per heavy atom. The lowest BCUT2D eigenvalue weighted by atomic mass is 10.5. The van der Waals surface area contributed by atoms with Crippen LogP contribution in [0, 0.1) is 11.5 Å². The van der Waals surface area contributed by atoms with Crippen molar-refractivity contribution in [2.24, 2.45) is 0 Å². The monoisotopic (exact) mass is 141 g/mol. The van der Waals surface area contributed by atoms with Gasteiger partial charge in [-0.05, 0) is 0 Å². The Balaban J connectivity index is 3.71. The molecule has 0 heterocycles. The number of amides is 1. The van der Waals surface area contributed by atoms with Crippen molar-refractivity contribution in [3.8, 4) is 6.19 Å². The van der Waals surface area contributed by atoms with Gasteiger partial charge < -0.3 is 9.80 Å². The van der Waals surface area contributed by atoms with Crippen molar-refractivity contribution in [1.82, 2.24) is 9.80 Å². The van der Waals surface area contributed by atoms with Gasteiger partial charge in [0.25, 0.3) is 0 Å². The summed E-state index contributed by atoms with van der Waals surface area (Å²) >= 11 is 0. The van der Waals surface area contributed by atoms with E-state index in [0.29, 0.717) is 0 Å². The van der Waals surface area contributed by atoms with Gasteiger partial charge in [-0.15, -0.1) is 0 Å².